The number of carbonyl (C=O) groups is 2. The van der Waals surface area contributed by atoms with Crippen LogP contribution in [0.1, 0.15) is 12.0 Å². The van der Waals surface area contributed by atoms with Crippen LogP contribution >= 0.6 is 11.3 Å². The van der Waals surface area contributed by atoms with Gasteiger partial charge in [0.25, 0.3) is 5.91 Å². The first-order valence-electron chi connectivity index (χ1n) is 7.95. The number of sulfonamides is 1. The van der Waals surface area contributed by atoms with Crippen molar-refractivity contribution in [1.82, 2.24) is 9.62 Å². The fourth-order valence-electron chi connectivity index (χ4n) is 2.10. The number of benzene rings is 1. The average molecular weight is 414 g/mol. The van der Waals surface area contributed by atoms with E-state index in [1.165, 1.54) is 30.1 Å². The Labute approximate surface area is 160 Å². The van der Waals surface area contributed by atoms with E-state index in [0.29, 0.717) is 5.56 Å². The molecule has 146 valence electrons. The largest absolute Gasteiger partial charge is 0.456 e. The molecule has 27 heavy (non-hydrogen) atoms. The van der Waals surface area contributed by atoms with E-state index in [1.807, 2.05) is 0 Å². The number of hydrogen-bond acceptors (Lipinski definition) is 6. The van der Waals surface area contributed by atoms with Crippen LogP contribution in [0, 0.1) is 5.82 Å². The van der Waals surface area contributed by atoms with Gasteiger partial charge in [0, 0.05) is 20.1 Å². The average Bonchev–Trinajstić information content (AvgIpc) is 3.15. The zero-order valence-corrected chi connectivity index (χ0v) is 16.2. The molecule has 0 saturated carbocycles. The van der Waals surface area contributed by atoms with Crippen molar-refractivity contribution in [2.45, 2.75) is 17.2 Å². The maximum atomic E-state index is 13.1. The zero-order chi connectivity index (χ0) is 19.9. The molecule has 2 rings (SSSR count). The normalized spacial score (nSPS) is 11.2. The minimum atomic E-state index is -3.64. The Kier molecular flexibility index (Phi) is 7.45. The molecule has 1 N–H and O–H groups in total. The summed E-state index contributed by atoms with van der Waals surface area (Å²) in [6.45, 7) is -0.427. The number of thiophene rings is 1. The lowest BCUT2D eigenvalue weighted by molar-refractivity contribution is -0.151. The highest BCUT2D eigenvalue weighted by atomic mass is 32.2. The summed E-state index contributed by atoms with van der Waals surface area (Å²) in [4.78, 5) is 24.9. The Morgan fingerprint density at radius 2 is 2.04 bits per heavy atom. The standard InChI is InChI=1S/C17H19FN2O5S2/c1-20(11-13-4-2-5-14(18)10-13)15(21)12-25-16(22)7-8-19-27(23,24)17-6-3-9-26-17/h2-6,9-10,19H,7-8,11-12H2,1H3. The Morgan fingerprint density at radius 1 is 1.26 bits per heavy atom. The van der Waals surface area contributed by atoms with Gasteiger partial charge in [0.15, 0.2) is 6.61 Å². The predicted molar refractivity (Wildman–Crippen MR) is 98.0 cm³/mol. The van der Waals surface area contributed by atoms with Gasteiger partial charge in [-0.15, -0.1) is 11.3 Å². The Balaban J connectivity index is 1.70. The van der Waals surface area contributed by atoms with Crippen LogP contribution in [0.4, 0.5) is 4.39 Å². The maximum Gasteiger partial charge on any atom is 0.307 e. The SMILES string of the molecule is CN(Cc1cccc(F)c1)C(=O)COC(=O)CCNS(=O)(=O)c1cccs1. The lowest BCUT2D eigenvalue weighted by Crippen LogP contribution is -2.31. The first kappa shape index (κ1) is 21.0. The van der Waals surface area contributed by atoms with Gasteiger partial charge in [-0.05, 0) is 29.1 Å². The molecule has 0 radical (unpaired) electrons. The van der Waals surface area contributed by atoms with E-state index in [4.69, 9.17) is 4.74 Å². The minimum absolute atomic E-state index is 0.133. The van der Waals surface area contributed by atoms with Gasteiger partial charge in [-0.3, -0.25) is 9.59 Å². The fourth-order valence-corrected chi connectivity index (χ4v) is 4.17. The van der Waals surface area contributed by atoms with E-state index < -0.39 is 34.3 Å². The molecule has 10 heteroatoms. The van der Waals surface area contributed by atoms with Crippen molar-refractivity contribution in [3.8, 4) is 0 Å². The first-order chi connectivity index (χ1) is 12.8. The molecule has 1 aromatic carbocycles. The number of nitrogens with one attached hydrogen (secondary N) is 1. The Bertz CT molecular complexity index is 884. The molecule has 0 spiro atoms. The van der Waals surface area contributed by atoms with Crippen molar-refractivity contribution in [3.63, 3.8) is 0 Å². The topological polar surface area (TPSA) is 92.8 Å². The highest BCUT2D eigenvalue weighted by Crippen LogP contribution is 2.15. The molecule has 2 aromatic rings. The number of rotatable bonds is 9. The molecule has 1 amide bonds. The van der Waals surface area contributed by atoms with Gasteiger partial charge in [-0.2, -0.15) is 0 Å². The van der Waals surface area contributed by atoms with Crippen molar-refractivity contribution >= 4 is 33.2 Å². The number of nitrogens with zero attached hydrogens (tertiary/aromatic N) is 1. The fraction of sp³-hybridized carbons (Fsp3) is 0.294. The second-order valence-electron chi connectivity index (χ2n) is 5.62. The molecule has 0 aliphatic rings. The van der Waals surface area contributed by atoms with Gasteiger partial charge in [0.1, 0.15) is 10.0 Å². The third-order valence-corrected chi connectivity index (χ3v) is 6.33. The summed E-state index contributed by atoms with van der Waals surface area (Å²) in [7, 11) is -2.13. The van der Waals surface area contributed by atoms with Crippen molar-refractivity contribution < 1.29 is 27.1 Å². The molecule has 1 heterocycles. The van der Waals surface area contributed by atoms with Gasteiger partial charge in [-0.25, -0.2) is 17.5 Å². The lowest BCUT2D eigenvalue weighted by atomic mass is 10.2. The molecule has 1 aromatic heterocycles. The molecular formula is C17H19FN2O5S2. The van der Waals surface area contributed by atoms with Crippen LogP contribution in [-0.4, -0.2) is 45.4 Å². The summed E-state index contributed by atoms with van der Waals surface area (Å²) in [6.07, 6.45) is -0.203. The van der Waals surface area contributed by atoms with E-state index >= 15 is 0 Å². The molecule has 7 nitrogen and oxygen atoms in total. The third kappa shape index (κ3) is 6.74. The second-order valence-corrected chi connectivity index (χ2v) is 8.56. The molecule has 0 fully saturated rings. The van der Waals surface area contributed by atoms with Crippen molar-refractivity contribution in [3.05, 3.63) is 53.2 Å². The number of ether oxygens (including phenoxy) is 1. The maximum absolute atomic E-state index is 13.1. The number of amides is 1. The quantitative estimate of drug-likeness (QED) is 0.631. The van der Waals surface area contributed by atoms with E-state index in [-0.39, 0.29) is 23.7 Å². The van der Waals surface area contributed by atoms with Crippen molar-refractivity contribution in [2.24, 2.45) is 0 Å². The molecule has 0 aliphatic carbocycles. The van der Waals surface area contributed by atoms with Crippen LogP contribution in [-0.2, 0) is 30.9 Å². The second kappa shape index (κ2) is 9.58. The van der Waals surface area contributed by atoms with Crippen LogP contribution in [0.15, 0.2) is 46.0 Å². The summed E-state index contributed by atoms with van der Waals surface area (Å²) < 4.78 is 44.2. The summed E-state index contributed by atoms with van der Waals surface area (Å²) in [5.74, 6) is -1.55. The minimum Gasteiger partial charge on any atom is -0.456 e. The van der Waals surface area contributed by atoms with Crippen LogP contribution in [0.25, 0.3) is 0 Å². The highest BCUT2D eigenvalue weighted by molar-refractivity contribution is 7.91. The smallest absolute Gasteiger partial charge is 0.307 e. The zero-order valence-electron chi connectivity index (χ0n) is 14.6. The van der Waals surface area contributed by atoms with E-state index in [9.17, 15) is 22.4 Å². The van der Waals surface area contributed by atoms with Crippen LogP contribution in [0.5, 0.6) is 0 Å². The number of halogens is 1. The number of likely N-dealkylation sites (N-methyl/N-ethyl adjacent to an activating group) is 1. The molecule has 0 saturated heterocycles. The Hall–Kier alpha value is -2.30. The van der Waals surface area contributed by atoms with Crippen LogP contribution in [0.3, 0.4) is 0 Å². The van der Waals surface area contributed by atoms with Crippen molar-refractivity contribution in [2.75, 3.05) is 20.2 Å². The van der Waals surface area contributed by atoms with E-state index in [0.717, 1.165) is 11.3 Å². The van der Waals surface area contributed by atoms with Gasteiger partial charge in [-0.1, -0.05) is 18.2 Å². The van der Waals surface area contributed by atoms with Crippen molar-refractivity contribution in [1.29, 1.82) is 0 Å². The molecule has 0 unspecified atom stereocenters. The first-order valence-corrected chi connectivity index (χ1v) is 10.3. The summed E-state index contributed by atoms with van der Waals surface area (Å²) in [5, 5.41) is 1.63. The van der Waals surface area contributed by atoms with E-state index in [2.05, 4.69) is 4.72 Å². The summed E-state index contributed by atoms with van der Waals surface area (Å²) in [6, 6.07) is 8.91. The molecular weight excluding hydrogens is 395 g/mol. The molecule has 0 bridgehead atoms. The van der Waals surface area contributed by atoms with Gasteiger partial charge in [0.2, 0.25) is 10.0 Å². The van der Waals surface area contributed by atoms with Gasteiger partial charge in [0.05, 0.1) is 6.42 Å². The predicted octanol–water partition coefficient (Wildman–Crippen LogP) is 1.76. The van der Waals surface area contributed by atoms with Crippen LogP contribution < -0.4 is 4.72 Å². The number of hydrogen-bond donors (Lipinski definition) is 1. The monoisotopic (exact) mass is 414 g/mol. The molecule has 0 aliphatic heterocycles. The third-order valence-electron chi connectivity index (χ3n) is 3.47. The molecule has 0 atom stereocenters. The number of carbonyl (C=O) groups excluding carboxylic acids is 2. The summed E-state index contributed by atoms with van der Waals surface area (Å²) >= 11 is 1.07. The van der Waals surface area contributed by atoms with E-state index in [1.54, 1.807) is 23.6 Å². The number of esters is 1. The highest BCUT2D eigenvalue weighted by Gasteiger charge is 2.16. The van der Waals surface area contributed by atoms with Crippen LogP contribution in [0.2, 0.25) is 0 Å². The lowest BCUT2D eigenvalue weighted by Gasteiger charge is -2.17. The van der Waals surface area contributed by atoms with Gasteiger partial charge >= 0.3 is 5.97 Å². The van der Waals surface area contributed by atoms with Gasteiger partial charge < -0.3 is 9.64 Å². The Morgan fingerprint density at radius 3 is 2.70 bits per heavy atom. The summed E-state index contributed by atoms with van der Waals surface area (Å²) in [5.41, 5.74) is 0.611.